The third kappa shape index (κ3) is 4.80. The second-order valence-corrected chi connectivity index (χ2v) is 6.12. The molecular formula is C15H16N4O5S. The molecule has 0 aliphatic carbocycles. The molecule has 1 aromatic rings. The van der Waals surface area contributed by atoms with Gasteiger partial charge < -0.3 is 15.4 Å². The van der Waals surface area contributed by atoms with Crippen molar-refractivity contribution in [3.8, 4) is 5.75 Å². The maximum atomic E-state index is 12.2. The van der Waals surface area contributed by atoms with Crippen molar-refractivity contribution in [2.45, 2.75) is 11.7 Å². The van der Waals surface area contributed by atoms with E-state index >= 15 is 0 Å². The lowest BCUT2D eigenvalue weighted by Crippen LogP contribution is -2.28. The van der Waals surface area contributed by atoms with E-state index in [0.717, 1.165) is 0 Å². The van der Waals surface area contributed by atoms with Crippen molar-refractivity contribution in [3.05, 3.63) is 41.0 Å². The number of nitrogens with zero attached hydrogens (tertiary/aromatic N) is 2. The van der Waals surface area contributed by atoms with Crippen LogP contribution in [0.5, 0.6) is 5.75 Å². The summed E-state index contributed by atoms with van der Waals surface area (Å²) < 4.78 is 5.06. The number of amides is 2. The number of carbonyl (C=O) groups is 2. The molecule has 0 spiro atoms. The average molecular weight is 364 g/mol. The van der Waals surface area contributed by atoms with Crippen LogP contribution >= 0.6 is 11.8 Å². The molecule has 1 aliphatic heterocycles. The van der Waals surface area contributed by atoms with Crippen molar-refractivity contribution in [2.75, 3.05) is 19.0 Å². The summed E-state index contributed by atoms with van der Waals surface area (Å²) in [4.78, 5) is 38.3. The minimum atomic E-state index is -0.590. The summed E-state index contributed by atoms with van der Waals surface area (Å²) in [6, 6.07) is 3.86. The number of hydrogen-bond acceptors (Lipinski definition) is 7. The van der Waals surface area contributed by atoms with Crippen LogP contribution in [-0.2, 0) is 9.59 Å². The van der Waals surface area contributed by atoms with Gasteiger partial charge in [-0.3, -0.25) is 24.7 Å². The summed E-state index contributed by atoms with van der Waals surface area (Å²) >= 11 is 1.17. The Hall–Kier alpha value is -2.88. The second kappa shape index (κ2) is 8.29. The van der Waals surface area contributed by atoms with Gasteiger partial charge in [0.25, 0.3) is 5.69 Å². The zero-order valence-electron chi connectivity index (χ0n) is 13.4. The van der Waals surface area contributed by atoms with Gasteiger partial charge in [-0.25, -0.2) is 0 Å². The molecule has 0 radical (unpaired) electrons. The SMILES string of the molecule is C=CCN=C1NC(=O)C(CC(=O)Nc2ccc([N+](=O)[O-])cc2OC)S1. The first-order valence-electron chi connectivity index (χ1n) is 7.19. The quantitative estimate of drug-likeness (QED) is 0.431. The third-order valence-corrected chi connectivity index (χ3v) is 4.30. The summed E-state index contributed by atoms with van der Waals surface area (Å²) in [5.74, 6) is -0.539. The summed E-state index contributed by atoms with van der Waals surface area (Å²) in [6.45, 7) is 3.92. The molecule has 10 heteroatoms. The fourth-order valence-corrected chi connectivity index (χ4v) is 3.01. The van der Waals surface area contributed by atoms with Crippen molar-refractivity contribution in [2.24, 2.45) is 4.99 Å². The third-order valence-electron chi connectivity index (χ3n) is 3.18. The maximum absolute atomic E-state index is 12.2. The largest absolute Gasteiger partial charge is 0.494 e. The van der Waals surface area contributed by atoms with Crippen LogP contribution in [0.2, 0.25) is 0 Å². The van der Waals surface area contributed by atoms with Gasteiger partial charge in [-0.15, -0.1) is 6.58 Å². The minimum absolute atomic E-state index is 0.0657. The Morgan fingerprint density at radius 2 is 2.36 bits per heavy atom. The normalized spacial score (nSPS) is 17.9. The van der Waals surface area contributed by atoms with E-state index in [4.69, 9.17) is 4.74 Å². The highest BCUT2D eigenvalue weighted by Gasteiger charge is 2.32. The molecule has 1 unspecified atom stereocenters. The molecule has 2 N–H and O–H groups in total. The first-order valence-corrected chi connectivity index (χ1v) is 8.07. The first kappa shape index (κ1) is 18.5. The molecule has 1 aliphatic rings. The molecule has 2 rings (SSSR count). The van der Waals surface area contributed by atoms with Crippen molar-refractivity contribution in [1.29, 1.82) is 0 Å². The topological polar surface area (TPSA) is 123 Å². The Balaban J connectivity index is 2.02. The van der Waals surface area contributed by atoms with Gasteiger partial charge in [-0.1, -0.05) is 17.8 Å². The number of nitro groups is 1. The van der Waals surface area contributed by atoms with Crippen LogP contribution in [-0.4, -0.2) is 40.8 Å². The number of methoxy groups -OCH3 is 1. The lowest BCUT2D eigenvalue weighted by Gasteiger charge is -2.11. The summed E-state index contributed by atoms with van der Waals surface area (Å²) in [5.41, 5.74) is 0.144. The lowest BCUT2D eigenvalue weighted by molar-refractivity contribution is -0.384. The van der Waals surface area contributed by atoms with Crippen LogP contribution in [0.25, 0.3) is 0 Å². The van der Waals surface area contributed by atoms with E-state index in [2.05, 4.69) is 22.2 Å². The molecule has 2 amide bonds. The van der Waals surface area contributed by atoms with E-state index in [0.29, 0.717) is 17.4 Å². The average Bonchev–Trinajstić information content (AvgIpc) is 2.92. The van der Waals surface area contributed by atoms with E-state index in [-0.39, 0.29) is 23.8 Å². The molecular weight excluding hydrogens is 348 g/mol. The van der Waals surface area contributed by atoms with Gasteiger partial charge in [0.05, 0.1) is 30.3 Å². The fourth-order valence-electron chi connectivity index (χ4n) is 2.03. The molecule has 1 aromatic carbocycles. The van der Waals surface area contributed by atoms with Crippen LogP contribution in [0.15, 0.2) is 35.8 Å². The molecule has 1 heterocycles. The van der Waals surface area contributed by atoms with E-state index in [1.807, 2.05) is 0 Å². The number of benzene rings is 1. The van der Waals surface area contributed by atoms with Gasteiger partial charge in [0, 0.05) is 12.5 Å². The number of thioether (sulfide) groups is 1. The molecule has 1 saturated heterocycles. The maximum Gasteiger partial charge on any atom is 0.273 e. The zero-order valence-corrected chi connectivity index (χ0v) is 14.2. The van der Waals surface area contributed by atoms with Crippen molar-refractivity contribution >= 4 is 40.1 Å². The lowest BCUT2D eigenvalue weighted by atomic mass is 10.2. The van der Waals surface area contributed by atoms with Crippen molar-refractivity contribution in [3.63, 3.8) is 0 Å². The van der Waals surface area contributed by atoms with Crippen LogP contribution in [0.4, 0.5) is 11.4 Å². The molecule has 132 valence electrons. The summed E-state index contributed by atoms with van der Waals surface area (Å²) in [7, 11) is 1.34. The van der Waals surface area contributed by atoms with E-state index in [1.54, 1.807) is 6.08 Å². The van der Waals surface area contributed by atoms with Gasteiger partial charge >= 0.3 is 0 Å². The van der Waals surface area contributed by atoms with Crippen LogP contribution in [0.3, 0.4) is 0 Å². The standard InChI is InChI=1S/C15H16N4O5S/c1-3-6-16-15-18-14(21)12(25-15)8-13(20)17-10-5-4-9(19(22)23)7-11(10)24-2/h3-5,7,12H,1,6,8H2,2H3,(H,17,20)(H,16,18,21). The van der Waals surface area contributed by atoms with Gasteiger partial charge in [0.15, 0.2) is 5.17 Å². The van der Waals surface area contributed by atoms with Crippen LogP contribution in [0.1, 0.15) is 6.42 Å². The van der Waals surface area contributed by atoms with Crippen molar-refractivity contribution < 1.29 is 19.2 Å². The van der Waals surface area contributed by atoms with Gasteiger partial charge in [0.1, 0.15) is 11.0 Å². The van der Waals surface area contributed by atoms with E-state index in [9.17, 15) is 19.7 Å². The molecule has 25 heavy (non-hydrogen) atoms. The van der Waals surface area contributed by atoms with Gasteiger partial charge in [-0.05, 0) is 6.07 Å². The summed E-state index contributed by atoms with van der Waals surface area (Å²) in [5, 5.41) is 15.8. The van der Waals surface area contributed by atoms with E-state index in [1.165, 1.54) is 37.1 Å². The molecule has 0 aromatic heterocycles. The molecule has 0 bridgehead atoms. The number of anilines is 1. The Morgan fingerprint density at radius 3 is 3.00 bits per heavy atom. The Morgan fingerprint density at radius 1 is 1.60 bits per heavy atom. The highest BCUT2D eigenvalue weighted by molar-refractivity contribution is 8.15. The minimum Gasteiger partial charge on any atom is -0.494 e. The second-order valence-electron chi connectivity index (χ2n) is 4.92. The highest BCUT2D eigenvalue weighted by Crippen LogP contribution is 2.30. The molecule has 1 fully saturated rings. The molecule has 1 atom stereocenters. The zero-order chi connectivity index (χ0) is 18.4. The van der Waals surface area contributed by atoms with Crippen molar-refractivity contribution in [1.82, 2.24) is 5.32 Å². The van der Waals surface area contributed by atoms with Gasteiger partial charge in [0.2, 0.25) is 11.8 Å². The predicted octanol–water partition coefficient (Wildman–Crippen LogP) is 1.71. The number of ether oxygens (including phenoxy) is 1. The predicted molar refractivity (Wildman–Crippen MR) is 94.9 cm³/mol. The number of amidine groups is 1. The number of hydrogen-bond donors (Lipinski definition) is 2. The van der Waals surface area contributed by atoms with Crippen LogP contribution in [0, 0.1) is 10.1 Å². The molecule has 9 nitrogen and oxygen atoms in total. The van der Waals surface area contributed by atoms with Gasteiger partial charge in [-0.2, -0.15) is 0 Å². The fraction of sp³-hybridized carbons (Fsp3) is 0.267. The molecule has 0 saturated carbocycles. The first-order chi connectivity index (χ1) is 11.9. The Bertz CT molecular complexity index is 749. The number of rotatable bonds is 7. The number of carbonyl (C=O) groups excluding carboxylic acids is 2. The number of nitro benzene ring substituents is 1. The highest BCUT2D eigenvalue weighted by atomic mass is 32.2. The number of nitrogens with one attached hydrogen (secondary N) is 2. The Kier molecular flexibility index (Phi) is 6.12. The number of non-ortho nitro benzene ring substituents is 1. The Labute approximate surface area is 147 Å². The van der Waals surface area contributed by atoms with E-state index < -0.39 is 16.1 Å². The monoisotopic (exact) mass is 364 g/mol. The summed E-state index contributed by atoms with van der Waals surface area (Å²) in [6.07, 6.45) is 1.53. The van der Waals surface area contributed by atoms with Crippen LogP contribution < -0.4 is 15.4 Å². The smallest absolute Gasteiger partial charge is 0.273 e. The number of aliphatic imine (C=N–C) groups is 1.